The molecule has 0 aromatic carbocycles. The van der Waals surface area contributed by atoms with E-state index in [1.54, 1.807) is 55.4 Å². The molecule has 0 radical (unpaired) electrons. The third-order valence-corrected chi connectivity index (χ3v) is 19.5. The van der Waals surface area contributed by atoms with Crippen LogP contribution in [0.3, 0.4) is 0 Å². The van der Waals surface area contributed by atoms with Crippen molar-refractivity contribution in [1.29, 1.82) is 5.26 Å². The second-order valence-corrected chi connectivity index (χ2v) is 29.7. The Kier molecular flexibility index (Phi) is 37.8. The van der Waals surface area contributed by atoms with Gasteiger partial charge in [-0.3, -0.25) is 57.6 Å². The Morgan fingerprint density at radius 2 is 1.07 bits per heavy atom. The smallest absolute Gasteiger partial charge is 0.245 e. The van der Waals surface area contributed by atoms with Crippen molar-refractivity contribution in [3.8, 4) is 6.07 Å². The quantitative estimate of drug-likeness (QED) is 0.0921. The van der Waals surface area contributed by atoms with Gasteiger partial charge in [0, 0.05) is 93.1 Å². The first kappa shape index (κ1) is 87.0. The van der Waals surface area contributed by atoms with E-state index in [0.717, 1.165) is 31.0 Å². The number of Topliss-reactive ketones (excluding diaryl/α,β-unsaturated/α-hetero) is 2. The van der Waals surface area contributed by atoms with E-state index in [4.69, 9.17) is 14.7 Å². The molecule has 2 aliphatic heterocycles. The van der Waals surface area contributed by atoms with E-state index in [-0.39, 0.29) is 62.9 Å². The minimum atomic E-state index is -1.70. The van der Waals surface area contributed by atoms with Gasteiger partial charge in [-0.15, -0.1) is 0 Å². The second kappa shape index (κ2) is 42.1. The summed E-state index contributed by atoms with van der Waals surface area (Å²) >= 11 is 0. The van der Waals surface area contributed by atoms with Crippen LogP contribution >= 0.6 is 0 Å². The highest BCUT2D eigenvalue weighted by molar-refractivity contribution is 6.00. The number of likely N-dealkylation sites (N-methyl/N-ethyl adjacent to an activating group) is 6. The number of nitrogens with zero attached hydrogens (tertiary/aromatic N) is 8. The third-order valence-electron chi connectivity index (χ3n) is 19.5. The van der Waals surface area contributed by atoms with Crippen LogP contribution in [-0.2, 0) is 62.2 Å². The lowest BCUT2D eigenvalue weighted by molar-refractivity contribution is -0.154. The molecule has 4 N–H and O–H groups in total. The summed E-state index contributed by atoms with van der Waals surface area (Å²) in [4.78, 5) is 173. The normalized spacial score (nSPS) is 27.1. The lowest BCUT2D eigenvalue weighted by atomic mass is 9.85. The Labute approximate surface area is 581 Å². The molecule has 9 amide bonds. The van der Waals surface area contributed by atoms with Gasteiger partial charge >= 0.3 is 0 Å². The molecule has 0 bridgehead atoms. The number of hydrogen-bond donors (Lipinski definition) is 4. The molecule has 0 unspecified atom stereocenters. The van der Waals surface area contributed by atoms with Gasteiger partial charge in [0.15, 0.2) is 11.6 Å². The van der Waals surface area contributed by atoms with Gasteiger partial charge in [0.25, 0.3) is 0 Å². The average Bonchev–Trinajstić information content (AvgIpc) is 0.820. The van der Waals surface area contributed by atoms with Crippen molar-refractivity contribution < 1.29 is 67.3 Å². The van der Waals surface area contributed by atoms with Gasteiger partial charge in [-0.2, -0.15) is 5.26 Å². The molecular weight excluding hydrogens is 1240 g/mol. The van der Waals surface area contributed by atoms with Gasteiger partial charge < -0.3 is 59.9 Å². The SMILES string of the molecule is CC[C@@H]1NC(=O)[C@H]([C@H](O)[C@H](C)CCCCCC#N)NC(=O)[C@H](C(C)C)N(C)C(=O)[C@H](CC(C)C)N(C)C(=O)[C@H](CC(C)C)N(C)C(=O)[C@@H](C)NC(=O)[C@H](C)CC(=O)[C@H](CC(C)C)N(C)C(=O)[C@H](C(C)C)CC(=O)[C@H]([C@@H](C)OCCCCN2CCOCC2)N(C)C(=O)[C@@H](C)N(C)C1=O. The van der Waals surface area contributed by atoms with E-state index in [2.05, 4.69) is 26.9 Å². The van der Waals surface area contributed by atoms with Crippen molar-refractivity contribution in [2.45, 2.75) is 261 Å². The largest absolute Gasteiger partial charge is 0.390 e. The zero-order chi connectivity index (χ0) is 74.0. The van der Waals surface area contributed by atoms with Crippen LogP contribution < -0.4 is 16.0 Å². The fraction of sp³-hybridized carbons (Fsp3) is 0.833. The molecule has 0 aromatic heterocycles. The maximum atomic E-state index is 15.2. The summed E-state index contributed by atoms with van der Waals surface area (Å²) in [6.45, 7) is 31.8. The van der Waals surface area contributed by atoms with Crippen molar-refractivity contribution in [3.63, 3.8) is 0 Å². The molecule has 2 aliphatic rings. The fourth-order valence-corrected chi connectivity index (χ4v) is 13.1. The summed E-state index contributed by atoms with van der Waals surface area (Å²) in [5, 5.41) is 29.6. The number of carbonyl (C=O) groups is 11. The standard InChI is InChI=1S/C72H127N11O14/c1-23-54-70(93)77(17)51(15)68(91)82(22)62(52(16)97-35-29-28-32-83-33-36-96-37-34-83)59(85)42-53(46(8)9)69(92)78(18)55(38-43(2)3)58(84)41-49(13)64(87)74-50(14)67(90)79(19)56(39-44(4)5)71(94)80(20)57(40-45(6)7)72(95)81(21)61(47(10)11)66(89)76-60(65(88)75-54)63(86)48(12)30-26-24-25-27-31-73/h43-57,60-63,86H,23-30,32-42H2,1-22H3,(H,74,87)(H,75,88)(H,76,89)/t48-,49-,50-,51-,52-,53+,54+,55+,56+,57+,60+,61+,62+,63-/m1/s1. The highest BCUT2D eigenvalue weighted by Gasteiger charge is 2.45. The number of amides is 9. The Hall–Kier alpha value is -6.10. The summed E-state index contributed by atoms with van der Waals surface area (Å²) in [5.41, 5.74) is 0. The number of nitrogens with one attached hydrogen (secondary N) is 3. The van der Waals surface area contributed by atoms with E-state index in [9.17, 15) is 33.9 Å². The van der Waals surface area contributed by atoms with Crippen LogP contribution in [0.2, 0.25) is 0 Å². The van der Waals surface area contributed by atoms with Crippen molar-refractivity contribution >= 4 is 64.7 Å². The summed E-state index contributed by atoms with van der Waals surface area (Å²) < 4.78 is 11.9. The maximum absolute atomic E-state index is 15.2. The Balaban J connectivity index is 2.98. The lowest BCUT2D eigenvalue weighted by Gasteiger charge is -2.40. The summed E-state index contributed by atoms with van der Waals surface area (Å²) in [7, 11) is 8.68. The fourth-order valence-electron chi connectivity index (χ4n) is 13.1. The number of aliphatic hydroxyl groups excluding tert-OH is 1. The first-order valence-electron chi connectivity index (χ1n) is 35.8. The molecule has 2 fully saturated rings. The second-order valence-electron chi connectivity index (χ2n) is 29.7. The first-order chi connectivity index (χ1) is 45.3. The summed E-state index contributed by atoms with van der Waals surface area (Å²) in [5.74, 6) is -11.1. The van der Waals surface area contributed by atoms with Crippen molar-refractivity contribution in [1.82, 2.24) is 50.2 Å². The number of rotatable bonds is 23. The van der Waals surface area contributed by atoms with Crippen molar-refractivity contribution in [2.75, 3.05) is 81.7 Å². The van der Waals surface area contributed by atoms with Crippen molar-refractivity contribution in [3.05, 3.63) is 0 Å². The Morgan fingerprint density at radius 3 is 1.60 bits per heavy atom. The van der Waals surface area contributed by atoms with Gasteiger partial charge in [-0.05, 0) is 114 Å². The number of carbonyl (C=O) groups excluding carboxylic acids is 11. The number of hydrogen-bond acceptors (Lipinski definition) is 16. The zero-order valence-corrected chi connectivity index (χ0v) is 63.2. The van der Waals surface area contributed by atoms with E-state index in [0.29, 0.717) is 51.7 Å². The van der Waals surface area contributed by atoms with Crippen LogP contribution in [0.15, 0.2) is 0 Å². The first-order valence-corrected chi connectivity index (χ1v) is 35.8. The van der Waals surface area contributed by atoms with E-state index >= 15 is 24.0 Å². The van der Waals surface area contributed by atoms with Crippen LogP contribution in [-0.4, -0.2) is 252 Å². The molecule has 554 valence electrons. The van der Waals surface area contributed by atoms with Gasteiger partial charge in [0.1, 0.15) is 48.3 Å². The number of ketones is 2. The molecule has 2 saturated heterocycles. The molecule has 25 heteroatoms. The molecule has 97 heavy (non-hydrogen) atoms. The summed E-state index contributed by atoms with van der Waals surface area (Å²) in [6, 6.07) is -9.29. The maximum Gasteiger partial charge on any atom is 0.245 e. The van der Waals surface area contributed by atoms with E-state index < -0.39 is 161 Å². The number of unbranched alkanes of at least 4 members (excludes halogenated alkanes) is 4. The monoisotopic (exact) mass is 1370 g/mol. The van der Waals surface area contributed by atoms with Crippen molar-refractivity contribution in [2.24, 2.45) is 47.3 Å². The molecule has 2 rings (SSSR count). The van der Waals surface area contributed by atoms with Crippen LogP contribution in [0.25, 0.3) is 0 Å². The van der Waals surface area contributed by atoms with Gasteiger partial charge in [-0.1, -0.05) is 103 Å². The Bertz CT molecular complexity index is 2630. The molecule has 14 atom stereocenters. The Morgan fingerprint density at radius 1 is 0.546 bits per heavy atom. The molecule has 0 saturated carbocycles. The molecule has 0 aliphatic carbocycles. The van der Waals surface area contributed by atoms with Gasteiger partial charge in [-0.25, -0.2) is 0 Å². The summed E-state index contributed by atoms with van der Waals surface area (Å²) in [6.07, 6.45) is 1.35. The molecular formula is C72H127N11O14. The number of morpholine rings is 1. The van der Waals surface area contributed by atoms with Crippen LogP contribution in [0, 0.1) is 58.7 Å². The number of nitriles is 1. The molecule has 0 spiro atoms. The minimum Gasteiger partial charge on any atom is -0.390 e. The topological polar surface area (TPSA) is 309 Å². The van der Waals surface area contributed by atoms with Crippen LogP contribution in [0.1, 0.15) is 194 Å². The molecule has 25 nitrogen and oxygen atoms in total. The third kappa shape index (κ3) is 26.2. The van der Waals surface area contributed by atoms with E-state index in [1.165, 1.54) is 80.6 Å². The van der Waals surface area contributed by atoms with Crippen LogP contribution in [0.4, 0.5) is 0 Å². The number of aliphatic hydroxyl groups is 1. The van der Waals surface area contributed by atoms with Crippen LogP contribution in [0.5, 0.6) is 0 Å². The van der Waals surface area contributed by atoms with Gasteiger partial charge in [0.2, 0.25) is 53.2 Å². The lowest BCUT2D eigenvalue weighted by Crippen LogP contribution is -2.63. The molecule has 2 heterocycles. The minimum absolute atomic E-state index is 0.0124. The molecule has 0 aromatic rings. The predicted octanol–water partition coefficient (Wildman–Crippen LogP) is 5.48. The van der Waals surface area contributed by atoms with E-state index in [1.807, 2.05) is 41.5 Å². The number of ether oxygens (including phenoxy) is 2. The predicted molar refractivity (Wildman–Crippen MR) is 372 cm³/mol. The average molecular weight is 1370 g/mol. The zero-order valence-electron chi connectivity index (χ0n) is 63.2. The highest BCUT2D eigenvalue weighted by Crippen LogP contribution is 2.28. The van der Waals surface area contributed by atoms with Gasteiger partial charge in [0.05, 0.1) is 37.5 Å². The highest BCUT2D eigenvalue weighted by atomic mass is 16.5.